The molecule has 29 heavy (non-hydrogen) atoms. The number of pyridine rings is 1. The number of alkyl halides is 3. The minimum Gasteiger partial charge on any atom is -0.477 e. The molecule has 0 amide bonds. The van der Waals surface area contributed by atoms with E-state index in [1.54, 1.807) is 13.0 Å². The monoisotopic (exact) mass is 399 g/mol. The average Bonchev–Trinajstić information content (AvgIpc) is 3.46. The number of hydrogen-bond donors (Lipinski definition) is 0. The first kappa shape index (κ1) is 19.4. The number of halogens is 3. The fraction of sp³-hybridized carbons (Fsp3) is 0.318. The molecule has 0 aliphatic heterocycles. The van der Waals surface area contributed by atoms with Crippen molar-refractivity contribution in [2.45, 2.75) is 32.4 Å². The zero-order valence-electron chi connectivity index (χ0n) is 16.1. The van der Waals surface area contributed by atoms with Crippen LogP contribution in [0.3, 0.4) is 0 Å². The Morgan fingerprint density at radius 1 is 1.00 bits per heavy atom. The van der Waals surface area contributed by atoms with E-state index in [9.17, 15) is 13.2 Å². The normalized spacial score (nSPS) is 18.5. The quantitative estimate of drug-likeness (QED) is 0.580. The van der Waals surface area contributed by atoms with Crippen LogP contribution in [0, 0.1) is 19.8 Å². The third-order valence-electron chi connectivity index (χ3n) is 5.07. The Bertz CT molecular complexity index is 1020. The van der Waals surface area contributed by atoms with E-state index in [4.69, 9.17) is 4.74 Å². The van der Waals surface area contributed by atoms with Gasteiger partial charge in [-0.05, 0) is 38.0 Å². The summed E-state index contributed by atoms with van der Waals surface area (Å²) >= 11 is 0. The molecular formula is C22H20F3N3O. The van der Waals surface area contributed by atoms with Gasteiger partial charge in [0.05, 0.1) is 17.7 Å². The molecule has 1 aliphatic rings. The van der Waals surface area contributed by atoms with Crippen molar-refractivity contribution in [3.8, 4) is 17.0 Å². The van der Waals surface area contributed by atoms with Crippen LogP contribution in [-0.2, 0) is 6.18 Å². The van der Waals surface area contributed by atoms with Crippen molar-refractivity contribution < 1.29 is 17.9 Å². The molecule has 0 spiro atoms. The van der Waals surface area contributed by atoms with Crippen molar-refractivity contribution in [3.63, 3.8) is 0 Å². The maximum Gasteiger partial charge on any atom is 0.417 e. The van der Waals surface area contributed by atoms with Gasteiger partial charge in [-0.25, -0.2) is 4.98 Å². The number of ether oxygens (including phenoxy) is 1. The number of aromatic nitrogens is 3. The molecule has 150 valence electrons. The van der Waals surface area contributed by atoms with Crippen LogP contribution < -0.4 is 4.74 Å². The number of nitrogens with zero attached hydrogens (tertiary/aromatic N) is 3. The topological polar surface area (TPSA) is 47.9 Å². The van der Waals surface area contributed by atoms with E-state index < -0.39 is 11.7 Å². The molecular weight excluding hydrogens is 379 g/mol. The molecule has 0 saturated heterocycles. The predicted octanol–water partition coefficient (Wildman–Crippen LogP) is 5.36. The lowest BCUT2D eigenvalue weighted by molar-refractivity contribution is -0.137. The molecule has 2 unspecified atom stereocenters. The van der Waals surface area contributed by atoms with Crippen LogP contribution in [0.5, 0.6) is 5.88 Å². The molecule has 2 heterocycles. The zero-order valence-corrected chi connectivity index (χ0v) is 16.1. The summed E-state index contributed by atoms with van der Waals surface area (Å²) in [5.74, 6) is 1.20. The smallest absolute Gasteiger partial charge is 0.417 e. The summed E-state index contributed by atoms with van der Waals surface area (Å²) in [4.78, 5) is 12.8. The van der Waals surface area contributed by atoms with Crippen LogP contribution in [0.15, 0.2) is 48.8 Å². The van der Waals surface area contributed by atoms with E-state index in [0.29, 0.717) is 18.3 Å². The zero-order chi connectivity index (χ0) is 20.6. The van der Waals surface area contributed by atoms with E-state index in [2.05, 4.69) is 15.0 Å². The molecule has 2 aromatic heterocycles. The number of benzene rings is 1. The lowest BCUT2D eigenvalue weighted by Gasteiger charge is -2.15. The van der Waals surface area contributed by atoms with Gasteiger partial charge in [-0.2, -0.15) is 18.2 Å². The van der Waals surface area contributed by atoms with Gasteiger partial charge >= 0.3 is 6.18 Å². The van der Waals surface area contributed by atoms with Crippen LogP contribution in [0.2, 0.25) is 0 Å². The maximum atomic E-state index is 13.4. The highest BCUT2D eigenvalue weighted by atomic mass is 19.4. The van der Waals surface area contributed by atoms with E-state index in [1.165, 1.54) is 18.3 Å². The molecule has 1 aliphatic carbocycles. The van der Waals surface area contributed by atoms with Crippen LogP contribution >= 0.6 is 0 Å². The van der Waals surface area contributed by atoms with Gasteiger partial charge in [0.25, 0.3) is 0 Å². The van der Waals surface area contributed by atoms with Crippen LogP contribution in [0.4, 0.5) is 13.2 Å². The summed E-state index contributed by atoms with van der Waals surface area (Å²) in [6, 6.07) is 9.44. The van der Waals surface area contributed by atoms with Crippen LogP contribution in [0.1, 0.15) is 35.0 Å². The molecule has 7 heteroatoms. The average molecular weight is 399 g/mol. The first-order valence-electron chi connectivity index (χ1n) is 9.38. The number of aryl methyl sites for hydroxylation is 2. The van der Waals surface area contributed by atoms with E-state index in [-0.39, 0.29) is 22.9 Å². The van der Waals surface area contributed by atoms with Crippen LogP contribution in [-0.4, -0.2) is 21.6 Å². The van der Waals surface area contributed by atoms with E-state index >= 15 is 0 Å². The molecule has 3 aromatic rings. The lowest BCUT2D eigenvalue weighted by atomic mass is 10.0. The highest BCUT2D eigenvalue weighted by Gasteiger charge is 2.40. The Morgan fingerprint density at radius 2 is 1.79 bits per heavy atom. The van der Waals surface area contributed by atoms with Gasteiger partial charge in [-0.1, -0.05) is 24.3 Å². The Hall–Kier alpha value is -2.96. The molecule has 2 atom stereocenters. The van der Waals surface area contributed by atoms with Gasteiger partial charge in [0.2, 0.25) is 5.88 Å². The van der Waals surface area contributed by atoms with Gasteiger partial charge in [0.1, 0.15) is 5.82 Å². The Labute approximate surface area is 166 Å². The van der Waals surface area contributed by atoms with Gasteiger partial charge in [0, 0.05) is 35.5 Å². The fourth-order valence-corrected chi connectivity index (χ4v) is 3.39. The van der Waals surface area contributed by atoms with Crippen molar-refractivity contribution in [2.75, 3.05) is 6.61 Å². The van der Waals surface area contributed by atoms with Crippen LogP contribution in [0.25, 0.3) is 11.1 Å². The Kier molecular flexibility index (Phi) is 4.98. The molecule has 1 fully saturated rings. The Balaban J connectivity index is 1.55. The predicted molar refractivity (Wildman–Crippen MR) is 103 cm³/mol. The molecule has 1 aromatic carbocycles. The SMILES string of the molecule is Cc1ccc(C2CC2COc2nc(C)ncc2-c2ccccc2C(F)(F)F)nc1. The molecule has 4 nitrogen and oxygen atoms in total. The fourth-order valence-electron chi connectivity index (χ4n) is 3.39. The highest BCUT2D eigenvalue weighted by Crippen LogP contribution is 2.47. The standard InChI is InChI=1S/C22H20F3N3O/c1-13-7-8-20(27-10-13)17-9-15(17)12-29-21-18(11-26-14(2)28-21)16-5-3-4-6-19(16)22(23,24)25/h3-8,10-11,15,17H,9,12H2,1-2H3. The molecule has 0 radical (unpaired) electrons. The third-order valence-corrected chi connectivity index (χ3v) is 5.07. The molecule has 1 saturated carbocycles. The van der Waals surface area contributed by atoms with Gasteiger partial charge in [-0.15, -0.1) is 0 Å². The van der Waals surface area contributed by atoms with Crippen molar-refractivity contribution in [2.24, 2.45) is 5.92 Å². The summed E-state index contributed by atoms with van der Waals surface area (Å²) in [7, 11) is 0. The largest absolute Gasteiger partial charge is 0.477 e. The van der Waals surface area contributed by atoms with Gasteiger partial charge in [0.15, 0.2) is 0 Å². The Morgan fingerprint density at radius 3 is 2.52 bits per heavy atom. The molecule has 4 rings (SSSR count). The van der Waals surface area contributed by atoms with Crippen molar-refractivity contribution in [1.82, 2.24) is 15.0 Å². The van der Waals surface area contributed by atoms with E-state index in [1.807, 2.05) is 25.3 Å². The lowest BCUT2D eigenvalue weighted by Crippen LogP contribution is -2.09. The van der Waals surface area contributed by atoms with Gasteiger partial charge in [-0.3, -0.25) is 4.98 Å². The number of rotatable bonds is 5. The van der Waals surface area contributed by atoms with E-state index in [0.717, 1.165) is 23.7 Å². The second kappa shape index (κ2) is 7.46. The maximum absolute atomic E-state index is 13.4. The third kappa shape index (κ3) is 4.23. The van der Waals surface area contributed by atoms with Gasteiger partial charge < -0.3 is 4.74 Å². The van der Waals surface area contributed by atoms with Crippen molar-refractivity contribution in [1.29, 1.82) is 0 Å². The summed E-state index contributed by atoms with van der Waals surface area (Å²) in [6.07, 6.45) is -0.300. The second-order valence-corrected chi connectivity index (χ2v) is 7.35. The first-order valence-corrected chi connectivity index (χ1v) is 9.38. The first-order chi connectivity index (χ1) is 13.8. The molecule has 0 bridgehead atoms. The summed E-state index contributed by atoms with van der Waals surface area (Å²) in [6.45, 7) is 4.04. The summed E-state index contributed by atoms with van der Waals surface area (Å²) < 4.78 is 46.2. The highest BCUT2D eigenvalue weighted by molar-refractivity contribution is 5.71. The molecule has 0 N–H and O–H groups in total. The summed E-state index contributed by atoms with van der Waals surface area (Å²) in [5, 5.41) is 0. The minimum atomic E-state index is -4.47. The minimum absolute atomic E-state index is 0.0162. The second-order valence-electron chi connectivity index (χ2n) is 7.35. The number of hydrogen-bond acceptors (Lipinski definition) is 4. The van der Waals surface area contributed by atoms with Crippen molar-refractivity contribution in [3.05, 3.63) is 71.4 Å². The van der Waals surface area contributed by atoms with Crippen molar-refractivity contribution >= 4 is 0 Å². The summed E-state index contributed by atoms with van der Waals surface area (Å²) in [5.41, 5.74) is 1.65.